The normalized spacial score (nSPS) is 16.6. The van der Waals surface area contributed by atoms with Crippen LogP contribution in [0.25, 0.3) is 0 Å². The summed E-state index contributed by atoms with van der Waals surface area (Å²) >= 11 is 0. The van der Waals surface area contributed by atoms with E-state index in [9.17, 15) is 14.4 Å². The van der Waals surface area contributed by atoms with Gasteiger partial charge in [-0.3, -0.25) is 19.6 Å². The molecule has 2 heterocycles. The molecule has 4 aromatic carbocycles. The van der Waals surface area contributed by atoms with Gasteiger partial charge in [-0.05, 0) is 61.4 Å². The molecule has 0 saturated heterocycles. The topological polar surface area (TPSA) is 119 Å². The van der Waals surface area contributed by atoms with Crippen LogP contribution in [-0.4, -0.2) is 75.6 Å². The van der Waals surface area contributed by atoms with Gasteiger partial charge in [0.15, 0.2) is 19.6 Å². The van der Waals surface area contributed by atoms with Crippen LogP contribution < -0.4 is 9.80 Å². The summed E-state index contributed by atoms with van der Waals surface area (Å²) < 4.78 is 10.6. The van der Waals surface area contributed by atoms with E-state index < -0.39 is 37.5 Å². The molecule has 0 radical (unpaired) electrons. The number of terminal acetylenes is 2. The zero-order valence-electron chi connectivity index (χ0n) is 29.7. The maximum absolute atomic E-state index is 13.5. The van der Waals surface area contributed by atoms with E-state index in [1.807, 2.05) is 68.4 Å². The molecule has 0 aliphatic carbocycles. The number of hydrogen-bond donors (Lipinski definition) is 0. The van der Waals surface area contributed by atoms with Gasteiger partial charge in [0.05, 0.1) is 22.8 Å². The average Bonchev–Trinajstić information content (AvgIpc) is 3.35. The molecule has 0 saturated carbocycles. The number of benzene rings is 4. The summed E-state index contributed by atoms with van der Waals surface area (Å²) in [6.45, 7) is 2.62. The first-order chi connectivity index (χ1) is 25.6. The predicted octanol–water partition coefficient (Wildman–Crippen LogP) is 4.75. The van der Waals surface area contributed by atoms with Gasteiger partial charge in [-0.2, -0.15) is 0 Å². The summed E-state index contributed by atoms with van der Waals surface area (Å²) in [7, 11) is 3.23. The molecular formula is C42H36N4O7. The number of likely N-dealkylation sites (N-methyl/N-ethyl adjacent to an activating group) is 2. The van der Waals surface area contributed by atoms with Crippen LogP contribution in [0, 0.1) is 38.5 Å². The zero-order valence-corrected chi connectivity index (χ0v) is 29.7. The molecule has 2 amide bonds. The van der Waals surface area contributed by atoms with Gasteiger partial charge >= 0.3 is 5.97 Å². The van der Waals surface area contributed by atoms with Crippen LogP contribution in [0.4, 0.5) is 11.4 Å². The van der Waals surface area contributed by atoms with Gasteiger partial charge in [0.2, 0.25) is 6.04 Å². The zero-order chi connectivity index (χ0) is 37.6. The third-order valence-corrected chi connectivity index (χ3v) is 9.03. The summed E-state index contributed by atoms with van der Waals surface area (Å²) in [6.07, 6.45) is 11.4. The lowest BCUT2D eigenvalue weighted by Crippen LogP contribution is -2.40. The summed E-state index contributed by atoms with van der Waals surface area (Å²) in [4.78, 5) is 63.2. The highest BCUT2D eigenvalue weighted by Gasteiger charge is 2.36. The van der Waals surface area contributed by atoms with E-state index >= 15 is 0 Å². The molecule has 0 N–H and O–H groups in total. The van der Waals surface area contributed by atoms with E-state index in [-0.39, 0.29) is 12.5 Å². The lowest BCUT2D eigenvalue weighted by Gasteiger charge is -2.20. The number of nitrogens with zero attached hydrogens (tertiary/aromatic N) is 4. The van der Waals surface area contributed by atoms with Gasteiger partial charge in [-0.15, -0.1) is 12.8 Å². The molecule has 2 unspecified atom stereocenters. The van der Waals surface area contributed by atoms with Crippen molar-refractivity contribution in [1.29, 1.82) is 0 Å². The predicted molar refractivity (Wildman–Crippen MR) is 201 cm³/mol. The molecule has 0 aromatic heterocycles. The number of anilines is 2. The Morgan fingerprint density at radius 2 is 1.23 bits per heavy atom. The van der Waals surface area contributed by atoms with Gasteiger partial charge < -0.3 is 19.3 Å². The molecule has 4 aromatic rings. The van der Waals surface area contributed by atoms with Gasteiger partial charge in [-0.25, -0.2) is 14.6 Å². The molecule has 2 aliphatic rings. The Morgan fingerprint density at radius 1 is 0.698 bits per heavy atom. The lowest BCUT2D eigenvalue weighted by atomic mass is 9.95. The number of carbonyl (C=O) groups excluding carboxylic acids is 3. The highest BCUT2D eigenvalue weighted by atomic mass is 17.2. The van der Waals surface area contributed by atoms with Crippen LogP contribution in [-0.2, 0) is 33.6 Å². The second-order valence-corrected chi connectivity index (χ2v) is 12.4. The van der Waals surface area contributed by atoms with Crippen LogP contribution in [0.3, 0.4) is 0 Å². The molecular weight excluding hydrogens is 672 g/mol. The van der Waals surface area contributed by atoms with Gasteiger partial charge in [0.1, 0.15) is 6.61 Å². The minimum atomic E-state index is -1.52. The number of esters is 1. The molecule has 6 rings (SSSR count). The van der Waals surface area contributed by atoms with Crippen LogP contribution in [0.1, 0.15) is 44.5 Å². The number of ether oxygens (including phenoxy) is 2. The van der Waals surface area contributed by atoms with Crippen molar-refractivity contribution < 1.29 is 33.6 Å². The van der Waals surface area contributed by atoms with Crippen molar-refractivity contribution in [3.05, 3.63) is 129 Å². The standard InChI is InChI=1S/C42H36N4O7/c1-7-28-17-19-35-32(21-28)37(30-15-11-9-13-26(30)3)43-34(40(47)45(35)5)23-52-53-25-50-24-51-42(49)39-41(48)46(6)36-20-18-29(8-2)22-33(36)38(44-39)31-16-12-10-14-27(31)4/h1-2,9-22,34,39H,23-25H2,3-6H3. The molecule has 11 nitrogen and oxygen atoms in total. The van der Waals surface area contributed by atoms with E-state index in [4.69, 9.17) is 37.1 Å². The number of rotatable bonds is 10. The van der Waals surface area contributed by atoms with E-state index in [2.05, 4.69) is 16.8 Å². The fourth-order valence-electron chi connectivity index (χ4n) is 6.16. The third-order valence-electron chi connectivity index (χ3n) is 9.03. The van der Waals surface area contributed by atoms with Crippen molar-refractivity contribution in [2.24, 2.45) is 9.98 Å². The Hall–Kier alpha value is -6.37. The van der Waals surface area contributed by atoms with Crippen LogP contribution in [0.5, 0.6) is 0 Å². The van der Waals surface area contributed by atoms with E-state index in [0.29, 0.717) is 45.1 Å². The third kappa shape index (κ3) is 7.50. The van der Waals surface area contributed by atoms with Crippen molar-refractivity contribution in [2.75, 3.05) is 44.1 Å². The van der Waals surface area contributed by atoms with E-state index in [1.54, 1.807) is 44.4 Å². The number of aliphatic imine (C=N–C) groups is 2. The number of hydrogen-bond acceptors (Lipinski definition) is 9. The fourth-order valence-corrected chi connectivity index (χ4v) is 6.16. The van der Waals surface area contributed by atoms with Crippen LogP contribution in [0.2, 0.25) is 0 Å². The van der Waals surface area contributed by atoms with E-state index in [1.165, 1.54) is 9.80 Å². The second kappa shape index (κ2) is 15.9. The number of carbonyl (C=O) groups is 3. The molecule has 0 spiro atoms. The summed E-state index contributed by atoms with van der Waals surface area (Å²) in [5.74, 6) is 3.44. The summed E-state index contributed by atoms with van der Waals surface area (Å²) in [5.41, 5.74) is 8.24. The van der Waals surface area contributed by atoms with Gasteiger partial charge in [0, 0.05) is 47.5 Å². The molecule has 266 valence electrons. The summed E-state index contributed by atoms with van der Waals surface area (Å²) in [5, 5.41) is 0. The van der Waals surface area contributed by atoms with Crippen molar-refractivity contribution in [3.63, 3.8) is 0 Å². The number of aryl methyl sites for hydroxylation is 2. The summed E-state index contributed by atoms with van der Waals surface area (Å²) in [6, 6.07) is 23.4. The van der Waals surface area contributed by atoms with Gasteiger partial charge in [-0.1, -0.05) is 60.4 Å². The van der Waals surface area contributed by atoms with Crippen molar-refractivity contribution >= 4 is 40.6 Å². The molecule has 2 atom stereocenters. The molecule has 53 heavy (non-hydrogen) atoms. The van der Waals surface area contributed by atoms with E-state index in [0.717, 1.165) is 22.3 Å². The highest BCUT2D eigenvalue weighted by Crippen LogP contribution is 2.31. The fraction of sp³-hybridized carbons (Fsp3) is 0.214. The Morgan fingerprint density at radius 3 is 1.77 bits per heavy atom. The maximum atomic E-state index is 13.5. The quantitative estimate of drug-likeness (QED) is 0.0444. The minimum Gasteiger partial charge on any atom is -0.436 e. The van der Waals surface area contributed by atoms with Crippen molar-refractivity contribution in [1.82, 2.24) is 0 Å². The average molecular weight is 709 g/mol. The first-order valence-electron chi connectivity index (χ1n) is 16.7. The highest BCUT2D eigenvalue weighted by molar-refractivity contribution is 6.24. The largest absolute Gasteiger partial charge is 0.436 e. The Balaban J connectivity index is 1.11. The second-order valence-electron chi connectivity index (χ2n) is 12.4. The molecule has 11 heteroatoms. The lowest BCUT2D eigenvalue weighted by molar-refractivity contribution is -0.343. The van der Waals surface area contributed by atoms with Crippen molar-refractivity contribution in [2.45, 2.75) is 25.9 Å². The molecule has 2 aliphatic heterocycles. The first-order valence-corrected chi connectivity index (χ1v) is 16.7. The molecule has 0 fully saturated rings. The first kappa shape index (κ1) is 36.4. The van der Waals surface area contributed by atoms with Crippen LogP contribution >= 0.6 is 0 Å². The molecule has 0 bridgehead atoms. The SMILES string of the molecule is C#Cc1ccc2c(c1)C(c1ccccc1C)=NC(COOCOCOC(=O)C1N=C(c3ccccc3C)c3cc(C#C)ccc3N(C)C1=O)C(=O)N2C. The Labute approximate surface area is 307 Å². The van der Waals surface area contributed by atoms with Crippen molar-refractivity contribution in [3.8, 4) is 24.7 Å². The van der Waals surface area contributed by atoms with Crippen LogP contribution in [0.15, 0.2) is 94.9 Å². The number of benzodiazepines with no additional fused rings is 2. The van der Waals surface area contributed by atoms with Gasteiger partial charge in [0.25, 0.3) is 11.8 Å². The minimum absolute atomic E-state index is 0.237. The monoisotopic (exact) mass is 708 g/mol. The smallest absolute Gasteiger partial charge is 0.342 e. The number of fused-ring (bicyclic) bond motifs is 2. The maximum Gasteiger partial charge on any atom is 0.342 e. The number of amides is 2. The Kier molecular flexibility index (Phi) is 10.9. The Bertz CT molecular complexity index is 2250.